The van der Waals surface area contributed by atoms with Gasteiger partial charge in [0.05, 0.1) is 10.9 Å². The lowest BCUT2D eigenvalue weighted by Gasteiger charge is -2.25. The van der Waals surface area contributed by atoms with Gasteiger partial charge in [-0.05, 0) is 31.1 Å². The van der Waals surface area contributed by atoms with E-state index in [1.807, 2.05) is 5.38 Å². The standard InChI is InChI=1S/C14H16N2O3S/c17-13(10-6-20-12(15-10)7-1-2-7)16-4-3-8-9(5-16)11(8)14(18)19/h6-9,11H,1-5H2,(H,18,19)/t8-,9+,11-/m1/s1. The summed E-state index contributed by atoms with van der Waals surface area (Å²) in [5, 5.41) is 12.0. The minimum absolute atomic E-state index is 0.0253. The lowest BCUT2D eigenvalue weighted by Crippen LogP contribution is -2.37. The number of amides is 1. The fourth-order valence-electron chi connectivity index (χ4n) is 3.35. The third-order valence-corrected chi connectivity index (χ3v) is 5.74. The fraction of sp³-hybridized carbons (Fsp3) is 0.643. The maximum atomic E-state index is 12.4. The van der Waals surface area contributed by atoms with E-state index in [-0.39, 0.29) is 23.7 Å². The zero-order chi connectivity index (χ0) is 13.9. The highest BCUT2D eigenvalue weighted by molar-refractivity contribution is 7.10. The number of hydrogen-bond acceptors (Lipinski definition) is 4. The second-order valence-electron chi connectivity index (χ2n) is 6.08. The van der Waals surface area contributed by atoms with E-state index in [9.17, 15) is 9.59 Å². The molecule has 4 rings (SSSR count). The van der Waals surface area contributed by atoms with Crippen LogP contribution >= 0.6 is 11.3 Å². The predicted octanol–water partition coefficient (Wildman–Crippen LogP) is 1.81. The zero-order valence-electron chi connectivity index (χ0n) is 11.0. The Morgan fingerprint density at radius 3 is 2.80 bits per heavy atom. The van der Waals surface area contributed by atoms with Crippen molar-refractivity contribution >= 4 is 23.2 Å². The van der Waals surface area contributed by atoms with E-state index in [4.69, 9.17) is 5.11 Å². The van der Waals surface area contributed by atoms with Gasteiger partial charge in [-0.15, -0.1) is 11.3 Å². The van der Waals surface area contributed by atoms with Gasteiger partial charge in [0.1, 0.15) is 5.69 Å². The lowest BCUT2D eigenvalue weighted by molar-refractivity contribution is -0.139. The minimum atomic E-state index is -0.709. The molecule has 1 amide bonds. The van der Waals surface area contributed by atoms with Crippen LogP contribution in [-0.2, 0) is 4.79 Å². The van der Waals surface area contributed by atoms with Gasteiger partial charge in [-0.1, -0.05) is 0 Å². The summed E-state index contributed by atoms with van der Waals surface area (Å²) in [4.78, 5) is 29.7. The number of aromatic nitrogens is 1. The Hall–Kier alpha value is -1.43. The summed E-state index contributed by atoms with van der Waals surface area (Å²) in [6, 6.07) is 0. The highest BCUT2D eigenvalue weighted by Crippen LogP contribution is 2.51. The highest BCUT2D eigenvalue weighted by Gasteiger charge is 2.57. The van der Waals surface area contributed by atoms with Crippen molar-refractivity contribution < 1.29 is 14.7 Å². The van der Waals surface area contributed by atoms with E-state index < -0.39 is 5.97 Å². The molecule has 0 aromatic carbocycles. The molecule has 3 aliphatic rings. The number of aliphatic carboxylic acids is 1. The average Bonchev–Trinajstić information content (AvgIpc) is 3.34. The van der Waals surface area contributed by atoms with Crippen molar-refractivity contribution in [1.29, 1.82) is 0 Å². The Morgan fingerprint density at radius 1 is 1.30 bits per heavy atom. The van der Waals surface area contributed by atoms with Gasteiger partial charge >= 0.3 is 5.97 Å². The van der Waals surface area contributed by atoms with Crippen LogP contribution in [-0.4, -0.2) is 40.0 Å². The van der Waals surface area contributed by atoms with Crippen LogP contribution in [0.15, 0.2) is 5.38 Å². The highest BCUT2D eigenvalue weighted by atomic mass is 32.1. The number of likely N-dealkylation sites (tertiary alicyclic amines) is 1. The average molecular weight is 292 g/mol. The Labute approximate surface area is 120 Å². The molecule has 1 aromatic heterocycles. The minimum Gasteiger partial charge on any atom is -0.481 e. The normalized spacial score (nSPS) is 31.8. The van der Waals surface area contributed by atoms with Crippen molar-refractivity contribution in [2.24, 2.45) is 17.8 Å². The molecule has 0 radical (unpaired) electrons. The summed E-state index contributed by atoms with van der Waals surface area (Å²) in [5.41, 5.74) is 0.544. The van der Waals surface area contributed by atoms with Crippen molar-refractivity contribution in [2.75, 3.05) is 13.1 Å². The van der Waals surface area contributed by atoms with Gasteiger partial charge in [0.15, 0.2) is 0 Å². The van der Waals surface area contributed by atoms with Crippen LogP contribution in [0.5, 0.6) is 0 Å². The Kier molecular flexibility index (Phi) is 2.64. The third-order valence-electron chi connectivity index (χ3n) is 4.74. The first-order valence-electron chi connectivity index (χ1n) is 7.12. The van der Waals surface area contributed by atoms with Gasteiger partial charge < -0.3 is 10.0 Å². The largest absolute Gasteiger partial charge is 0.481 e. The van der Waals surface area contributed by atoms with E-state index >= 15 is 0 Å². The van der Waals surface area contributed by atoms with E-state index in [0.29, 0.717) is 24.7 Å². The van der Waals surface area contributed by atoms with Crippen molar-refractivity contribution in [2.45, 2.75) is 25.2 Å². The fourth-order valence-corrected chi connectivity index (χ4v) is 4.32. The molecule has 2 heterocycles. The number of hydrogen-bond donors (Lipinski definition) is 1. The number of rotatable bonds is 3. The van der Waals surface area contributed by atoms with Crippen molar-refractivity contribution in [3.63, 3.8) is 0 Å². The molecule has 1 aromatic rings. The summed E-state index contributed by atoms with van der Waals surface area (Å²) in [7, 11) is 0. The van der Waals surface area contributed by atoms with Crippen molar-refractivity contribution in [3.8, 4) is 0 Å². The van der Waals surface area contributed by atoms with Crippen LogP contribution < -0.4 is 0 Å². The Morgan fingerprint density at radius 2 is 2.10 bits per heavy atom. The number of nitrogens with zero attached hydrogens (tertiary/aromatic N) is 2. The number of carbonyl (C=O) groups excluding carboxylic acids is 1. The smallest absolute Gasteiger partial charge is 0.307 e. The van der Waals surface area contributed by atoms with Gasteiger partial charge in [0.2, 0.25) is 0 Å². The quantitative estimate of drug-likeness (QED) is 0.922. The van der Waals surface area contributed by atoms with Gasteiger partial charge in [0, 0.05) is 24.4 Å². The molecular weight excluding hydrogens is 276 g/mol. The first-order chi connectivity index (χ1) is 9.65. The molecule has 0 unspecified atom stereocenters. The summed E-state index contributed by atoms with van der Waals surface area (Å²) in [5.74, 6) is 0.0553. The number of carboxylic acid groups (broad SMARTS) is 1. The SMILES string of the molecule is O=C(O)[C@@H]1[C@@H]2CCN(C(=O)c3csc(C4CC4)n3)C[C@@H]21. The number of carboxylic acids is 1. The molecule has 1 N–H and O–H groups in total. The molecule has 6 heteroatoms. The van der Waals surface area contributed by atoms with Crippen LogP contribution in [0.2, 0.25) is 0 Å². The molecule has 0 spiro atoms. The summed E-state index contributed by atoms with van der Waals surface area (Å²) in [6.07, 6.45) is 3.19. The molecule has 3 atom stereocenters. The van der Waals surface area contributed by atoms with Gasteiger partial charge in [-0.25, -0.2) is 4.98 Å². The first-order valence-corrected chi connectivity index (χ1v) is 8.00. The third kappa shape index (κ3) is 1.93. The van der Waals surface area contributed by atoms with Crippen molar-refractivity contribution in [3.05, 3.63) is 16.1 Å². The van der Waals surface area contributed by atoms with Gasteiger partial charge in [0.25, 0.3) is 5.91 Å². The van der Waals surface area contributed by atoms with Crippen LogP contribution in [0.3, 0.4) is 0 Å². The zero-order valence-corrected chi connectivity index (χ0v) is 11.8. The summed E-state index contributed by atoms with van der Waals surface area (Å²) >= 11 is 1.58. The summed E-state index contributed by atoms with van der Waals surface area (Å²) in [6.45, 7) is 1.25. The number of fused-ring (bicyclic) bond motifs is 1. The molecule has 5 nitrogen and oxygen atoms in total. The van der Waals surface area contributed by atoms with Gasteiger partial charge in [-0.2, -0.15) is 0 Å². The van der Waals surface area contributed by atoms with E-state index in [0.717, 1.165) is 11.4 Å². The Balaban J connectivity index is 1.45. The second-order valence-corrected chi connectivity index (χ2v) is 6.97. The molecule has 106 valence electrons. The number of piperidine rings is 1. The first kappa shape index (κ1) is 12.3. The number of thiazole rings is 1. The molecular formula is C14H16N2O3S. The van der Waals surface area contributed by atoms with Crippen LogP contribution in [0, 0.1) is 17.8 Å². The number of carbonyl (C=O) groups is 2. The summed E-state index contributed by atoms with van der Waals surface area (Å²) < 4.78 is 0. The molecule has 0 bridgehead atoms. The molecule has 1 saturated heterocycles. The lowest BCUT2D eigenvalue weighted by atomic mass is 10.1. The predicted molar refractivity (Wildman–Crippen MR) is 72.7 cm³/mol. The molecule has 2 saturated carbocycles. The molecule has 2 aliphatic carbocycles. The molecule has 3 fully saturated rings. The topological polar surface area (TPSA) is 70.5 Å². The Bertz CT molecular complexity index is 581. The van der Waals surface area contributed by atoms with Crippen LogP contribution in [0.4, 0.5) is 0 Å². The maximum Gasteiger partial charge on any atom is 0.307 e. The monoisotopic (exact) mass is 292 g/mol. The molecule has 1 aliphatic heterocycles. The van der Waals surface area contributed by atoms with E-state index in [2.05, 4.69) is 4.98 Å². The molecule has 20 heavy (non-hydrogen) atoms. The maximum absolute atomic E-state index is 12.4. The van der Waals surface area contributed by atoms with Crippen molar-refractivity contribution in [1.82, 2.24) is 9.88 Å². The van der Waals surface area contributed by atoms with E-state index in [1.165, 1.54) is 12.8 Å². The second kappa shape index (κ2) is 4.28. The van der Waals surface area contributed by atoms with Gasteiger partial charge in [-0.3, -0.25) is 9.59 Å². The van der Waals surface area contributed by atoms with E-state index in [1.54, 1.807) is 16.2 Å². The van der Waals surface area contributed by atoms with Crippen LogP contribution in [0.25, 0.3) is 0 Å². The van der Waals surface area contributed by atoms with Crippen LogP contribution in [0.1, 0.15) is 40.7 Å².